The minimum absolute atomic E-state index is 0.112. The van der Waals surface area contributed by atoms with Gasteiger partial charge in [-0.1, -0.05) is 72.3 Å². The van der Waals surface area contributed by atoms with Crippen molar-refractivity contribution in [2.24, 2.45) is 5.92 Å². The molecule has 0 bridgehead atoms. The highest BCUT2D eigenvalue weighted by atomic mass is 28.4. The highest BCUT2D eigenvalue weighted by molar-refractivity contribution is 6.77. The van der Waals surface area contributed by atoms with E-state index in [1.165, 1.54) is 0 Å². The minimum Gasteiger partial charge on any atom is -0.458 e. The Labute approximate surface area is 168 Å². The zero-order valence-electron chi connectivity index (χ0n) is 18.6. The fourth-order valence-corrected chi connectivity index (χ4v) is 9.80. The molecule has 27 heavy (non-hydrogen) atoms. The third-order valence-electron chi connectivity index (χ3n) is 5.73. The summed E-state index contributed by atoms with van der Waals surface area (Å²) in [7, 11) is -1.94. The maximum atomic E-state index is 11.7. The van der Waals surface area contributed by atoms with Crippen LogP contribution < -0.4 is 0 Å². The van der Waals surface area contributed by atoms with Gasteiger partial charge < -0.3 is 9.16 Å². The number of carbonyl (C=O) groups excluding carboxylic acids is 1. The van der Waals surface area contributed by atoms with Gasteiger partial charge in [0.25, 0.3) is 0 Å². The van der Waals surface area contributed by atoms with Gasteiger partial charge >= 0.3 is 5.97 Å². The molecule has 1 rings (SSSR count). The molecule has 0 radical (unpaired) electrons. The van der Waals surface area contributed by atoms with E-state index < -0.39 is 8.32 Å². The van der Waals surface area contributed by atoms with Gasteiger partial charge in [0.2, 0.25) is 8.32 Å². The molecule has 0 saturated heterocycles. The van der Waals surface area contributed by atoms with E-state index in [0.717, 1.165) is 18.4 Å². The number of ether oxygens (including phenoxy) is 1. The van der Waals surface area contributed by atoms with Crippen molar-refractivity contribution in [1.29, 1.82) is 0 Å². The molecule has 0 aliphatic carbocycles. The molecule has 0 N–H and O–H groups in total. The maximum absolute atomic E-state index is 11.7. The van der Waals surface area contributed by atoms with Crippen LogP contribution in [0.2, 0.25) is 16.6 Å². The van der Waals surface area contributed by atoms with Crippen molar-refractivity contribution < 1.29 is 14.0 Å². The van der Waals surface area contributed by atoms with E-state index in [2.05, 4.69) is 60.6 Å². The number of rotatable bonds is 5. The van der Waals surface area contributed by atoms with Crippen LogP contribution in [-0.4, -0.2) is 27.0 Å². The minimum atomic E-state index is -1.94. The van der Waals surface area contributed by atoms with E-state index in [9.17, 15) is 4.79 Å². The molecule has 4 heteroatoms. The van der Waals surface area contributed by atoms with Gasteiger partial charge in [0, 0.05) is 6.08 Å². The molecule has 0 saturated carbocycles. The van der Waals surface area contributed by atoms with Gasteiger partial charge in [-0.2, -0.15) is 0 Å². The molecule has 0 aromatic heterocycles. The van der Waals surface area contributed by atoms with Crippen LogP contribution in [0.15, 0.2) is 36.0 Å². The van der Waals surface area contributed by atoms with Crippen LogP contribution in [0.4, 0.5) is 0 Å². The molecule has 1 unspecified atom stereocenters. The summed E-state index contributed by atoms with van der Waals surface area (Å²) in [6, 6.07) is 0. The third kappa shape index (κ3) is 7.08. The van der Waals surface area contributed by atoms with Crippen LogP contribution in [0.1, 0.15) is 68.2 Å². The first-order valence-electron chi connectivity index (χ1n) is 10.5. The first kappa shape index (κ1) is 23.9. The van der Waals surface area contributed by atoms with E-state index in [1.807, 2.05) is 19.1 Å². The van der Waals surface area contributed by atoms with Crippen molar-refractivity contribution in [3.8, 4) is 0 Å². The van der Waals surface area contributed by atoms with Crippen molar-refractivity contribution in [3.05, 3.63) is 36.0 Å². The SMILES string of the molecule is CC1=C\COC(=O)/C=C\[C@@H](C)CCC(O[Si](C(C)C)(C(C)C)C(C)C)/C=C\1. The standard InChI is InChI=1S/C23H40O3Si/c1-17(2)27(18(3)4,19(5)6)26-22-12-9-20(7)11-14-23(24)25-16-15-21(8)10-13-22/h10-11,13-15,17-20,22H,9,12,16H2,1-8H3/b13-10-,14-11-,21-15+/t20-,22?/m0/s1. The second-order valence-electron chi connectivity index (χ2n) is 8.83. The second-order valence-corrected chi connectivity index (χ2v) is 14.2. The lowest BCUT2D eigenvalue weighted by atomic mass is 10.0. The monoisotopic (exact) mass is 392 g/mol. The zero-order valence-corrected chi connectivity index (χ0v) is 19.6. The van der Waals surface area contributed by atoms with Crippen LogP contribution in [0.5, 0.6) is 0 Å². The molecule has 1 aliphatic heterocycles. The zero-order chi connectivity index (χ0) is 20.6. The highest BCUT2D eigenvalue weighted by Crippen LogP contribution is 2.43. The summed E-state index contributed by atoms with van der Waals surface area (Å²) in [5.74, 6) is 0.0489. The van der Waals surface area contributed by atoms with Gasteiger partial charge in [-0.25, -0.2) is 4.79 Å². The lowest BCUT2D eigenvalue weighted by Crippen LogP contribution is -2.50. The van der Waals surface area contributed by atoms with Gasteiger partial charge in [-0.05, 0) is 48.4 Å². The fourth-order valence-electron chi connectivity index (χ4n) is 4.26. The Balaban J connectivity index is 3.14. The summed E-state index contributed by atoms with van der Waals surface area (Å²) in [6.45, 7) is 18.5. The lowest BCUT2D eigenvalue weighted by Gasteiger charge is -2.44. The van der Waals surface area contributed by atoms with Crippen molar-refractivity contribution in [1.82, 2.24) is 0 Å². The largest absolute Gasteiger partial charge is 0.458 e. The molecule has 154 valence electrons. The molecule has 0 aromatic rings. The summed E-state index contributed by atoms with van der Waals surface area (Å²) < 4.78 is 12.2. The molecule has 0 spiro atoms. The van der Waals surface area contributed by atoms with Crippen molar-refractivity contribution in [2.45, 2.75) is 91.0 Å². The smallest absolute Gasteiger partial charge is 0.330 e. The van der Waals surface area contributed by atoms with Crippen LogP contribution in [-0.2, 0) is 14.0 Å². The van der Waals surface area contributed by atoms with Gasteiger partial charge in [0.05, 0.1) is 6.10 Å². The molecule has 0 amide bonds. The lowest BCUT2D eigenvalue weighted by molar-refractivity contribution is -0.136. The number of hydrogen-bond acceptors (Lipinski definition) is 3. The van der Waals surface area contributed by atoms with Crippen LogP contribution in [0.25, 0.3) is 0 Å². The summed E-state index contributed by atoms with van der Waals surface area (Å²) in [5.41, 5.74) is 2.79. The molecular weight excluding hydrogens is 352 g/mol. The first-order chi connectivity index (χ1) is 12.6. The van der Waals surface area contributed by atoms with Crippen molar-refractivity contribution in [3.63, 3.8) is 0 Å². The molecule has 1 heterocycles. The van der Waals surface area contributed by atoms with E-state index >= 15 is 0 Å². The molecule has 0 aromatic carbocycles. The Morgan fingerprint density at radius 3 is 2.15 bits per heavy atom. The number of carbonyl (C=O) groups is 1. The number of hydrogen-bond donors (Lipinski definition) is 0. The maximum Gasteiger partial charge on any atom is 0.330 e. The van der Waals surface area contributed by atoms with Gasteiger partial charge in [0.15, 0.2) is 0 Å². The topological polar surface area (TPSA) is 35.5 Å². The van der Waals surface area contributed by atoms with Gasteiger partial charge in [-0.15, -0.1) is 0 Å². The van der Waals surface area contributed by atoms with Gasteiger partial charge in [0.1, 0.15) is 6.61 Å². The fraction of sp³-hybridized carbons (Fsp3) is 0.696. The number of cyclic esters (lactones) is 1. The van der Waals surface area contributed by atoms with Crippen molar-refractivity contribution >= 4 is 14.3 Å². The first-order valence-corrected chi connectivity index (χ1v) is 12.6. The van der Waals surface area contributed by atoms with Crippen molar-refractivity contribution in [2.75, 3.05) is 6.61 Å². The molecule has 2 atom stereocenters. The highest BCUT2D eigenvalue weighted by Gasteiger charge is 2.46. The summed E-state index contributed by atoms with van der Waals surface area (Å²) in [5, 5.41) is 0. The summed E-state index contributed by atoms with van der Waals surface area (Å²) in [4.78, 5) is 11.7. The Kier molecular flexibility index (Phi) is 9.75. The molecule has 0 fully saturated rings. The number of allylic oxidation sites excluding steroid dienone is 3. The average molecular weight is 393 g/mol. The third-order valence-corrected chi connectivity index (χ3v) is 11.9. The Hall–Kier alpha value is -1.13. The summed E-state index contributed by atoms with van der Waals surface area (Å²) in [6.07, 6.45) is 11.9. The summed E-state index contributed by atoms with van der Waals surface area (Å²) >= 11 is 0. The quantitative estimate of drug-likeness (QED) is 0.391. The van der Waals surface area contributed by atoms with E-state index in [1.54, 1.807) is 6.08 Å². The molecule has 3 nitrogen and oxygen atoms in total. The van der Waals surface area contributed by atoms with E-state index in [4.69, 9.17) is 9.16 Å². The Morgan fingerprint density at radius 1 is 1.00 bits per heavy atom. The Morgan fingerprint density at radius 2 is 1.59 bits per heavy atom. The van der Waals surface area contributed by atoms with Gasteiger partial charge in [-0.3, -0.25) is 0 Å². The van der Waals surface area contributed by atoms with Crippen LogP contribution >= 0.6 is 0 Å². The Bertz CT molecular complexity index is 536. The second kappa shape index (κ2) is 11.0. The average Bonchev–Trinajstić information content (AvgIpc) is 2.58. The van der Waals surface area contributed by atoms with Crippen LogP contribution in [0.3, 0.4) is 0 Å². The number of esters is 1. The predicted molar refractivity (Wildman–Crippen MR) is 117 cm³/mol. The molecular formula is C23H40O3Si. The van der Waals surface area contributed by atoms with E-state index in [-0.39, 0.29) is 12.1 Å². The molecule has 1 aliphatic rings. The predicted octanol–water partition coefficient (Wildman–Crippen LogP) is 6.58. The normalized spacial score (nSPS) is 27.4. The van der Waals surface area contributed by atoms with Crippen LogP contribution in [0, 0.1) is 5.92 Å². The van der Waals surface area contributed by atoms with E-state index in [0.29, 0.717) is 29.1 Å².